The average molecular weight is 489 g/mol. The molecule has 4 aromatic rings. The van der Waals surface area contributed by atoms with Gasteiger partial charge in [-0.25, -0.2) is 4.98 Å². The molecule has 1 N–H and O–H groups in total. The number of hydrogen-bond acceptors (Lipinski definition) is 3. The number of aromatic nitrogens is 2. The molecule has 0 atom stereocenters. The highest BCUT2D eigenvalue weighted by atomic mass is 35.5. The number of para-hydroxylation sites is 3. The summed E-state index contributed by atoms with van der Waals surface area (Å²) >= 11 is 6.09. The van der Waals surface area contributed by atoms with E-state index in [1.54, 1.807) is 36.2 Å². The number of halogens is 1. The van der Waals surface area contributed by atoms with Crippen molar-refractivity contribution in [1.29, 1.82) is 0 Å². The molecule has 1 aromatic heterocycles. The van der Waals surface area contributed by atoms with Crippen LogP contribution in [-0.4, -0.2) is 35.0 Å². The number of carbonyl (C=O) groups excluding carboxylic acids is 2. The molecule has 180 valence electrons. The van der Waals surface area contributed by atoms with Gasteiger partial charge in [0.25, 0.3) is 5.91 Å². The molecule has 6 nitrogen and oxygen atoms in total. The predicted octanol–water partition coefficient (Wildman–Crippen LogP) is 5.50. The van der Waals surface area contributed by atoms with Gasteiger partial charge < -0.3 is 14.8 Å². The molecule has 0 unspecified atom stereocenters. The number of nitrogens with zero attached hydrogens (tertiary/aromatic N) is 3. The van der Waals surface area contributed by atoms with Crippen LogP contribution in [-0.2, 0) is 17.8 Å². The van der Waals surface area contributed by atoms with Gasteiger partial charge in [-0.1, -0.05) is 60.5 Å². The van der Waals surface area contributed by atoms with Gasteiger partial charge in [0, 0.05) is 25.7 Å². The van der Waals surface area contributed by atoms with E-state index in [2.05, 4.69) is 5.32 Å². The third kappa shape index (κ3) is 6.08. The van der Waals surface area contributed by atoms with E-state index in [0.29, 0.717) is 17.1 Å². The number of aryl methyl sites for hydroxylation is 1. The van der Waals surface area contributed by atoms with E-state index < -0.39 is 0 Å². The smallest absolute Gasteiger partial charge is 0.252 e. The van der Waals surface area contributed by atoms with Gasteiger partial charge in [0.2, 0.25) is 5.91 Å². The predicted molar refractivity (Wildman–Crippen MR) is 141 cm³/mol. The lowest BCUT2D eigenvalue weighted by Crippen LogP contribution is -2.30. The van der Waals surface area contributed by atoms with E-state index in [9.17, 15) is 9.59 Å². The van der Waals surface area contributed by atoms with E-state index in [1.165, 1.54) is 0 Å². The zero-order valence-corrected chi connectivity index (χ0v) is 20.5. The molecule has 3 aromatic carbocycles. The van der Waals surface area contributed by atoms with Crippen LogP contribution in [0.4, 0.5) is 5.69 Å². The van der Waals surface area contributed by atoms with Crippen LogP contribution < -0.4 is 10.2 Å². The van der Waals surface area contributed by atoms with Gasteiger partial charge in [-0.15, -0.1) is 0 Å². The van der Waals surface area contributed by atoms with E-state index in [4.69, 9.17) is 16.6 Å². The van der Waals surface area contributed by atoms with Crippen molar-refractivity contribution in [1.82, 2.24) is 14.9 Å². The number of amides is 2. The number of carbonyl (C=O) groups is 2. The number of imidazole rings is 1. The highest BCUT2D eigenvalue weighted by Gasteiger charge is 2.17. The Labute approximate surface area is 210 Å². The summed E-state index contributed by atoms with van der Waals surface area (Å²) in [6.07, 6.45) is 3.46. The first-order valence-corrected chi connectivity index (χ1v) is 12.2. The van der Waals surface area contributed by atoms with Crippen LogP contribution in [0, 0.1) is 0 Å². The Balaban J connectivity index is 1.33. The lowest BCUT2D eigenvalue weighted by Gasteiger charge is -2.18. The lowest BCUT2D eigenvalue weighted by molar-refractivity contribution is -0.118. The Morgan fingerprint density at radius 1 is 0.914 bits per heavy atom. The number of unbranched alkanes of at least 4 members (excludes halogenated alkanes) is 2. The van der Waals surface area contributed by atoms with E-state index >= 15 is 0 Å². The normalized spacial score (nSPS) is 10.9. The standard InChI is InChI=1S/C28H29ClN4O2/c1-32(21-12-4-2-5-13-21)27(34)20-33-25-17-10-9-16-24(25)31-26(33)18-6-3-11-19-30-28(35)22-14-7-8-15-23(22)29/h2,4-5,7-10,12-17H,3,6,11,18-20H2,1H3,(H,30,35). The zero-order chi connectivity index (χ0) is 24.6. The molecule has 35 heavy (non-hydrogen) atoms. The first-order valence-electron chi connectivity index (χ1n) is 11.8. The minimum Gasteiger partial charge on any atom is -0.352 e. The summed E-state index contributed by atoms with van der Waals surface area (Å²) in [5.41, 5.74) is 3.21. The van der Waals surface area contributed by atoms with E-state index in [-0.39, 0.29) is 18.4 Å². The van der Waals surface area contributed by atoms with E-state index in [0.717, 1.165) is 48.2 Å². The highest BCUT2D eigenvalue weighted by Crippen LogP contribution is 2.20. The van der Waals surface area contributed by atoms with Crippen molar-refractivity contribution in [2.24, 2.45) is 0 Å². The second kappa shape index (κ2) is 11.7. The molecular weight excluding hydrogens is 460 g/mol. The number of fused-ring (bicyclic) bond motifs is 1. The van der Waals surface area contributed by atoms with Crippen LogP contribution in [0.2, 0.25) is 5.02 Å². The number of likely N-dealkylation sites (N-methyl/N-ethyl adjacent to an activating group) is 1. The van der Waals surface area contributed by atoms with Crippen LogP contribution in [0.15, 0.2) is 78.9 Å². The Kier molecular flexibility index (Phi) is 8.16. The third-order valence-electron chi connectivity index (χ3n) is 6.03. The fourth-order valence-corrected chi connectivity index (χ4v) is 4.28. The number of nitrogens with one attached hydrogen (secondary N) is 1. The van der Waals surface area contributed by atoms with Crippen LogP contribution in [0.25, 0.3) is 11.0 Å². The molecule has 7 heteroatoms. The topological polar surface area (TPSA) is 67.2 Å². The molecule has 0 aliphatic heterocycles. The quantitative estimate of drug-likeness (QED) is 0.300. The van der Waals surface area contributed by atoms with Crippen LogP contribution >= 0.6 is 11.6 Å². The highest BCUT2D eigenvalue weighted by molar-refractivity contribution is 6.33. The molecule has 0 saturated heterocycles. The summed E-state index contributed by atoms with van der Waals surface area (Å²) in [4.78, 5) is 31.8. The molecule has 0 spiro atoms. The number of benzene rings is 3. The SMILES string of the molecule is CN(C(=O)Cn1c(CCCCCNC(=O)c2ccccc2Cl)nc2ccccc21)c1ccccc1. The molecule has 0 aliphatic carbocycles. The Morgan fingerprint density at radius 3 is 2.43 bits per heavy atom. The molecule has 2 amide bonds. The van der Waals surface area contributed by atoms with Crippen molar-refractivity contribution in [2.75, 3.05) is 18.5 Å². The molecule has 1 heterocycles. The lowest BCUT2D eigenvalue weighted by atomic mass is 10.1. The molecule has 0 fully saturated rings. The van der Waals surface area contributed by atoms with Crippen molar-refractivity contribution >= 4 is 40.1 Å². The van der Waals surface area contributed by atoms with Gasteiger partial charge in [0.05, 0.1) is 21.6 Å². The van der Waals surface area contributed by atoms with Crippen LogP contribution in [0.3, 0.4) is 0 Å². The molecule has 0 saturated carbocycles. The Morgan fingerprint density at radius 2 is 1.63 bits per heavy atom. The zero-order valence-electron chi connectivity index (χ0n) is 19.8. The average Bonchev–Trinajstić information content (AvgIpc) is 3.23. The van der Waals surface area contributed by atoms with Gasteiger partial charge >= 0.3 is 0 Å². The van der Waals surface area contributed by atoms with Crippen LogP contribution in [0.5, 0.6) is 0 Å². The van der Waals surface area contributed by atoms with Crippen molar-refractivity contribution in [3.8, 4) is 0 Å². The first-order chi connectivity index (χ1) is 17.0. The van der Waals surface area contributed by atoms with Crippen molar-refractivity contribution in [3.63, 3.8) is 0 Å². The summed E-state index contributed by atoms with van der Waals surface area (Å²) in [5, 5.41) is 3.39. The minimum absolute atomic E-state index is 0.00267. The minimum atomic E-state index is -0.154. The maximum Gasteiger partial charge on any atom is 0.252 e. The van der Waals surface area contributed by atoms with Gasteiger partial charge in [0.15, 0.2) is 0 Å². The summed E-state index contributed by atoms with van der Waals surface area (Å²) in [6.45, 7) is 0.815. The fraction of sp³-hybridized carbons (Fsp3) is 0.250. The summed E-state index contributed by atoms with van der Waals surface area (Å²) in [6, 6.07) is 24.6. The molecule has 0 radical (unpaired) electrons. The van der Waals surface area contributed by atoms with Crippen molar-refractivity contribution < 1.29 is 9.59 Å². The number of rotatable bonds is 10. The molecular formula is C28H29ClN4O2. The Bertz CT molecular complexity index is 1300. The summed E-state index contributed by atoms with van der Waals surface area (Å²) in [7, 11) is 1.80. The largest absolute Gasteiger partial charge is 0.352 e. The van der Waals surface area contributed by atoms with Gasteiger partial charge in [-0.05, 0) is 49.2 Å². The molecule has 4 rings (SSSR count). The second-order valence-electron chi connectivity index (χ2n) is 8.44. The number of anilines is 1. The van der Waals surface area contributed by atoms with Gasteiger partial charge in [0.1, 0.15) is 12.4 Å². The molecule has 0 aliphatic rings. The maximum atomic E-state index is 13.1. The van der Waals surface area contributed by atoms with Gasteiger partial charge in [-0.3, -0.25) is 9.59 Å². The van der Waals surface area contributed by atoms with Crippen molar-refractivity contribution in [2.45, 2.75) is 32.2 Å². The van der Waals surface area contributed by atoms with Gasteiger partial charge in [-0.2, -0.15) is 0 Å². The maximum absolute atomic E-state index is 13.1. The monoisotopic (exact) mass is 488 g/mol. The first kappa shape index (κ1) is 24.5. The summed E-state index contributed by atoms with van der Waals surface area (Å²) < 4.78 is 2.02. The van der Waals surface area contributed by atoms with Crippen LogP contribution in [0.1, 0.15) is 35.4 Å². The summed E-state index contributed by atoms with van der Waals surface area (Å²) in [5.74, 6) is 0.752. The fourth-order valence-electron chi connectivity index (χ4n) is 4.06. The van der Waals surface area contributed by atoms with E-state index in [1.807, 2.05) is 59.2 Å². The van der Waals surface area contributed by atoms with Crippen molar-refractivity contribution in [3.05, 3.63) is 95.3 Å². The third-order valence-corrected chi connectivity index (χ3v) is 6.36. The second-order valence-corrected chi connectivity index (χ2v) is 8.84. The Hall–Kier alpha value is -3.64. The number of hydrogen-bond donors (Lipinski definition) is 1. The molecule has 0 bridgehead atoms.